The van der Waals surface area contributed by atoms with Gasteiger partial charge >= 0.3 is 12.2 Å². The van der Waals surface area contributed by atoms with E-state index in [1.165, 1.54) is 24.4 Å². The fourth-order valence-corrected chi connectivity index (χ4v) is 7.43. The second-order valence-electron chi connectivity index (χ2n) is 14.1. The van der Waals surface area contributed by atoms with E-state index in [4.69, 9.17) is 9.47 Å². The maximum absolute atomic E-state index is 16.4. The Morgan fingerprint density at radius 1 is 1.06 bits per heavy atom. The van der Waals surface area contributed by atoms with Gasteiger partial charge in [0.25, 0.3) is 5.91 Å². The van der Waals surface area contributed by atoms with Gasteiger partial charge in [0.05, 0.1) is 33.6 Å². The second-order valence-corrected chi connectivity index (χ2v) is 15.2. The first kappa shape index (κ1) is 33.1. The first-order valence-electron chi connectivity index (χ1n) is 15.6. The fourth-order valence-electron chi connectivity index (χ4n) is 6.36. The van der Waals surface area contributed by atoms with Gasteiger partial charge in [-0.1, -0.05) is 6.07 Å². The number of nitriles is 1. The third-order valence-corrected chi connectivity index (χ3v) is 9.41. The molecule has 6 rings (SSSR count). The first-order chi connectivity index (χ1) is 22.5. The third kappa shape index (κ3) is 5.91. The van der Waals surface area contributed by atoms with Gasteiger partial charge in [0.1, 0.15) is 33.9 Å². The van der Waals surface area contributed by atoms with Crippen LogP contribution in [0.2, 0.25) is 0 Å². The lowest BCUT2D eigenvalue weighted by molar-refractivity contribution is -0.0119. The van der Waals surface area contributed by atoms with Crippen LogP contribution in [-0.4, -0.2) is 74.0 Å². The number of hydrogen-bond acceptors (Lipinski definition) is 8. The molecule has 1 fully saturated rings. The van der Waals surface area contributed by atoms with Crippen molar-refractivity contribution in [3.05, 3.63) is 47.2 Å². The minimum Gasteiger partial charge on any atom is -0.444 e. The van der Waals surface area contributed by atoms with Crippen LogP contribution in [0.4, 0.5) is 23.4 Å². The van der Waals surface area contributed by atoms with Gasteiger partial charge in [-0.2, -0.15) is 10.4 Å². The molecule has 0 saturated carbocycles. The van der Waals surface area contributed by atoms with Crippen LogP contribution in [0.1, 0.15) is 70.8 Å². The van der Waals surface area contributed by atoms with E-state index in [-0.39, 0.29) is 62.5 Å². The number of fused-ring (bicyclic) bond motifs is 2. The number of nitrogens with zero attached hydrogens (tertiary/aromatic N) is 5. The Kier molecular flexibility index (Phi) is 8.10. The molecule has 1 saturated heterocycles. The predicted octanol–water partition coefficient (Wildman–Crippen LogP) is 7.27. The normalized spacial score (nSPS) is 18.3. The summed E-state index contributed by atoms with van der Waals surface area (Å²) in [7, 11) is 0. The molecule has 252 valence electrons. The van der Waals surface area contributed by atoms with E-state index in [1.54, 1.807) is 56.0 Å². The summed E-state index contributed by atoms with van der Waals surface area (Å²) in [6, 6.07) is 5.08. The van der Waals surface area contributed by atoms with E-state index in [1.807, 2.05) is 13.0 Å². The molecule has 11 nitrogen and oxygen atoms in total. The summed E-state index contributed by atoms with van der Waals surface area (Å²) in [4.78, 5) is 43.1. The molecule has 2 aromatic carbocycles. The monoisotopic (exact) mass is 678 g/mol. The van der Waals surface area contributed by atoms with Gasteiger partial charge in [-0.3, -0.25) is 14.8 Å². The Morgan fingerprint density at radius 3 is 2.44 bits per heavy atom. The first-order valence-corrected chi connectivity index (χ1v) is 16.4. The number of carbonyl (C=O) groups is 3. The van der Waals surface area contributed by atoms with Crippen LogP contribution >= 0.6 is 11.3 Å². The van der Waals surface area contributed by atoms with Gasteiger partial charge in [-0.05, 0) is 72.6 Å². The molecule has 0 bridgehead atoms. The van der Waals surface area contributed by atoms with Gasteiger partial charge in [0, 0.05) is 42.0 Å². The van der Waals surface area contributed by atoms with Crippen LogP contribution in [0.5, 0.6) is 0 Å². The smallest absolute Gasteiger partial charge is 0.412 e. The number of ether oxygens (including phenoxy) is 2. The molecule has 2 aliphatic heterocycles. The van der Waals surface area contributed by atoms with E-state index in [9.17, 15) is 19.6 Å². The van der Waals surface area contributed by atoms with Gasteiger partial charge in [0.15, 0.2) is 0 Å². The van der Waals surface area contributed by atoms with E-state index in [0.29, 0.717) is 23.9 Å². The van der Waals surface area contributed by atoms with Gasteiger partial charge in [-0.15, -0.1) is 11.3 Å². The summed E-state index contributed by atoms with van der Waals surface area (Å²) < 4.78 is 44.3. The lowest BCUT2D eigenvalue weighted by Crippen LogP contribution is -2.61. The molecule has 2 aromatic heterocycles. The maximum atomic E-state index is 16.4. The molecule has 3 amide bonds. The number of piperazine rings is 1. The Labute approximate surface area is 280 Å². The molecule has 1 N–H and O–H groups in total. The molecular formula is C34H36F2N6O5S. The lowest BCUT2D eigenvalue weighted by Gasteiger charge is -2.46. The van der Waals surface area contributed by atoms with Crippen molar-refractivity contribution in [3.8, 4) is 17.2 Å². The number of anilines is 1. The maximum Gasteiger partial charge on any atom is 0.412 e. The van der Waals surface area contributed by atoms with Crippen molar-refractivity contribution in [2.75, 3.05) is 18.4 Å². The molecule has 0 radical (unpaired) electrons. The Morgan fingerprint density at radius 2 is 1.77 bits per heavy atom. The quantitative estimate of drug-likeness (QED) is 0.236. The molecule has 0 spiro atoms. The van der Waals surface area contributed by atoms with Crippen LogP contribution < -0.4 is 5.32 Å². The van der Waals surface area contributed by atoms with Gasteiger partial charge < -0.3 is 19.3 Å². The molecule has 2 atom stereocenters. The Balaban J connectivity index is 1.43. The number of halogens is 2. The number of thiophene rings is 1. The van der Waals surface area contributed by atoms with E-state index in [2.05, 4.69) is 10.4 Å². The number of hydrogen-bond donors (Lipinski definition) is 1. The summed E-state index contributed by atoms with van der Waals surface area (Å²) in [6.45, 7) is 13.1. The number of benzene rings is 2. The van der Waals surface area contributed by atoms with Crippen molar-refractivity contribution in [3.63, 3.8) is 0 Å². The van der Waals surface area contributed by atoms with Crippen molar-refractivity contribution < 1.29 is 32.6 Å². The number of aromatic nitrogens is 2. The minimum absolute atomic E-state index is 0.0451. The zero-order valence-electron chi connectivity index (χ0n) is 27.7. The standard InChI is InChI=1S/C34H36F2N6O5S/c1-17-15-41-18(16-40(17)32(45)47-34(5,6)7)10-11-42-27-20(30(41)43)12-24(36)25(22(27)14-38-42)19-8-9-23(35)28-26(19)21(13-37)29(48-28)39-31(44)46-33(2,3)4/h8-9,12,14,17-18H,10-11,15-16H2,1-7H3,(H,39,44)/t17-,18-/m1/s1. The number of rotatable bonds is 2. The molecule has 0 unspecified atom stereocenters. The number of amides is 3. The summed E-state index contributed by atoms with van der Waals surface area (Å²) in [5, 5.41) is 17.8. The summed E-state index contributed by atoms with van der Waals surface area (Å²) in [6.07, 6.45) is 0.670. The molecule has 48 heavy (non-hydrogen) atoms. The SMILES string of the molecule is C[C@@H]1CN2C(=O)c3cc(F)c(-c4ccc(F)c5sc(NC(=O)OC(C)(C)C)c(C#N)c45)c4cnn(c34)CC[C@@H]2CN1C(=O)OC(C)(C)C. The highest BCUT2D eigenvalue weighted by Crippen LogP contribution is 2.45. The number of nitrogens with one attached hydrogen (secondary N) is 1. The lowest BCUT2D eigenvalue weighted by atomic mass is 9.93. The van der Waals surface area contributed by atoms with E-state index < -0.39 is 40.9 Å². The molecule has 14 heteroatoms. The average Bonchev–Trinajstić information content (AvgIpc) is 3.55. The molecular weight excluding hydrogens is 642 g/mol. The van der Waals surface area contributed by atoms with Gasteiger partial charge in [-0.25, -0.2) is 18.4 Å². The summed E-state index contributed by atoms with van der Waals surface area (Å²) >= 11 is 0.847. The number of carbonyl (C=O) groups excluding carboxylic acids is 3. The summed E-state index contributed by atoms with van der Waals surface area (Å²) in [5.74, 6) is -1.80. The highest BCUT2D eigenvalue weighted by Gasteiger charge is 2.41. The second kappa shape index (κ2) is 11.7. The molecule has 2 aliphatic rings. The fraction of sp³-hybridized carbons (Fsp3) is 0.441. The minimum atomic E-state index is -0.820. The van der Waals surface area contributed by atoms with Crippen LogP contribution in [0.15, 0.2) is 24.4 Å². The molecule has 0 aliphatic carbocycles. The Bertz CT molecular complexity index is 2040. The predicted molar refractivity (Wildman–Crippen MR) is 177 cm³/mol. The van der Waals surface area contributed by atoms with Crippen LogP contribution in [-0.2, 0) is 16.0 Å². The van der Waals surface area contributed by atoms with Crippen molar-refractivity contribution in [1.82, 2.24) is 19.6 Å². The van der Waals surface area contributed by atoms with Gasteiger partial charge in [0.2, 0.25) is 0 Å². The van der Waals surface area contributed by atoms with E-state index >= 15 is 8.78 Å². The zero-order valence-corrected chi connectivity index (χ0v) is 28.6. The number of aryl methyl sites for hydroxylation is 1. The third-order valence-electron chi connectivity index (χ3n) is 8.29. The van der Waals surface area contributed by atoms with Crippen molar-refractivity contribution >= 4 is 55.4 Å². The van der Waals surface area contributed by atoms with Crippen LogP contribution in [0.3, 0.4) is 0 Å². The highest BCUT2D eigenvalue weighted by atomic mass is 32.1. The topological polar surface area (TPSA) is 130 Å². The van der Waals surface area contributed by atoms with Crippen LogP contribution in [0.25, 0.3) is 32.1 Å². The Hall–Kier alpha value is -4.77. The zero-order chi connectivity index (χ0) is 34.9. The largest absolute Gasteiger partial charge is 0.444 e. The summed E-state index contributed by atoms with van der Waals surface area (Å²) in [5.41, 5.74) is -0.745. The molecule has 4 aromatic rings. The van der Waals surface area contributed by atoms with Crippen molar-refractivity contribution in [1.29, 1.82) is 5.26 Å². The molecule has 4 heterocycles. The highest BCUT2D eigenvalue weighted by molar-refractivity contribution is 7.23. The van der Waals surface area contributed by atoms with Crippen molar-refractivity contribution in [2.24, 2.45) is 0 Å². The van der Waals surface area contributed by atoms with E-state index in [0.717, 1.165) is 11.3 Å². The van der Waals surface area contributed by atoms with Crippen molar-refractivity contribution in [2.45, 2.75) is 84.7 Å². The average molecular weight is 679 g/mol. The van der Waals surface area contributed by atoms with Crippen LogP contribution in [0, 0.1) is 23.0 Å².